The van der Waals surface area contributed by atoms with E-state index in [1.165, 1.54) is 0 Å². The first kappa shape index (κ1) is 19.4. The summed E-state index contributed by atoms with van der Waals surface area (Å²) in [6.45, 7) is 6.94. The lowest BCUT2D eigenvalue weighted by molar-refractivity contribution is -0.133. The van der Waals surface area contributed by atoms with Crippen molar-refractivity contribution < 1.29 is 9.53 Å². The zero-order valence-corrected chi connectivity index (χ0v) is 17.5. The van der Waals surface area contributed by atoms with Gasteiger partial charge in [-0.25, -0.2) is 9.97 Å². The van der Waals surface area contributed by atoms with Crippen molar-refractivity contribution in [2.45, 2.75) is 13.8 Å². The molecule has 1 aromatic carbocycles. The maximum Gasteiger partial charge on any atom is 0.260 e. The van der Waals surface area contributed by atoms with Crippen LogP contribution in [0.4, 0.5) is 5.82 Å². The van der Waals surface area contributed by atoms with E-state index < -0.39 is 0 Å². The minimum absolute atomic E-state index is 0.0219. The number of hydrogen-bond acceptors (Lipinski definition) is 6. The van der Waals surface area contributed by atoms with Crippen molar-refractivity contribution in [2.75, 3.05) is 37.7 Å². The maximum absolute atomic E-state index is 12.5. The van der Waals surface area contributed by atoms with Crippen molar-refractivity contribution in [3.05, 3.63) is 59.2 Å². The predicted octanol–water partition coefficient (Wildman–Crippen LogP) is 3.55. The van der Waals surface area contributed by atoms with Crippen LogP contribution in [0.3, 0.4) is 0 Å². The van der Waals surface area contributed by atoms with E-state index in [2.05, 4.69) is 20.9 Å². The van der Waals surface area contributed by atoms with Crippen molar-refractivity contribution in [3.63, 3.8) is 0 Å². The topological polar surface area (TPSA) is 58.6 Å². The quantitative estimate of drug-likeness (QED) is 0.646. The average molecular weight is 409 g/mol. The number of nitrogens with zero attached hydrogens (tertiary/aromatic N) is 4. The van der Waals surface area contributed by atoms with Crippen LogP contribution in [-0.2, 0) is 4.79 Å². The van der Waals surface area contributed by atoms with E-state index in [9.17, 15) is 4.79 Å². The first-order valence-corrected chi connectivity index (χ1v) is 10.6. The van der Waals surface area contributed by atoms with Gasteiger partial charge in [0.1, 0.15) is 16.6 Å². The zero-order chi connectivity index (χ0) is 20.2. The summed E-state index contributed by atoms with van der Waals surface area (Å²) in [5.41, 5.74) is 3.18. The summed E-state index contributed by atoms with van der Waals surface area (Å²) in [6, 6.07) is 11.8. The molecule has 1 aliphatic rings. The Bertz CT molecular complexity index is 978. The molecule has 7 heteroatoms. The summed E-state index contributed by atoms with van der Waals surface area (Å²) in [5.74, 6) is 1.69. The molecule has 0 atom stereocenters. The molecule has 0 radical (unpaired) electrons. The number of anilines is 1. The number of hydrogen-bond donors (Lipinski definition) is 0. The highest BCUT2D eigenvalue weighted by atomic mass is 32.1. The van der Waals surface area contributed by atoms with Crippen LogP contribution in [0, 0.1) is 13.8 Å². The standard InChI is InChI=1S/C22H24N4O2S/c1-16-4-3-5-19(12-16)28-14-21(27)26-10-8-25(9-11-26)20-7-6-18(13-23-20)22-24-17(2)15-29-22/h3-7,12-13,15H,8-11,14H2,1-2H3. The second-order valence-electron chi connectivity index (χ2n) is 7.17. The van der Waals surface area contributed by atoms with E-state index in [1.54, 1.807) is 11.3 Å². The van der Waals surface area contributed by atoms with Gasteiger partial charge in [-0.1, -0.05) is 12.1 Å². The van der Waals surface area contributed by atoms with Crippen molar-refractivity contribution in [3.8, 4) is 16.3 Å². The zero-order valence-electron chi connectivity index (χ0n) is 16.7. The molecule has 1 saturated heterocycles. The normalized spacial score (nSPS) is 14.1. The van der Waals surface area contributed by atoms with Crippen LogP contribution < -0.4 is 9.64 Å². The first-order chi connectivity index (χ1) is 14.1. The fraction of sp³-hybridized carbons (Fsp3) is 0.318. The van der Waals surface area contributed by atoms with Crippen LogP contribution in [0.1, 0.15) is 11.3 Å². The molecule has 0 N–H and O–H groups in total. The molecule has 3 heterocycles. The van der Waals surface area contributed by atoms with Gasteiger partial charge in [0.15, 0.2) is 6.61 Å². The fourth-order valence-electron chi connectivity index (χ4n) is 3.31. The lowest BCUT2D eigenvalue weighted by Gasteiger charge is -2.35. The molecule has 1 aliphatic heterocycles. The molecule has 2 aromatic heterocycles. The van der Waals surface area contributed by atoms with Crippen LogP contribution in [0.15, 0.2) is 48.0 Å². The smallest absolute Gasteiger partial charge is 0.260 e. The summed E-state index contributed by atoms with van der Waals surface area (Å²) in [5, 5.41) is 3.04. The molecule has 29 heavy (non-hydrogen) atoms. The van der Waals surface area contributed by atoms with E-state index in [0.29, 0.717) is 13.1 Å². The second-order valence-corrected chi connectivity index (χ2v) is 8.03. The van der Waals surface area contributed by atoms with Gasteiger partial charge in [0.25, 0.3) is 5.91 Å². The van der Waals surface area contributed by atoms with E-state index >= 15 is 0 Å². The van der Waals surface area contributed by atoms with Gasteiger partial charge < -0.3 is 14.5 Å². The Balaban J connectivity index is 1.29. The number of aromatic nitrogens is 2. The highest BCUT2D eigenvalue weighted by Gasteiger charge is 2.22. The van der Waals surface area contributed by atoms with E-state index in [-0.39, 0.29) is 12.5 Å². The Hall–Kier alpha value is -2.93. The number of carbonyl (C=O) groups is 1. The summed E-state index contributed by atoms with van der Waals surface area (Å²) in [6.07, 6.45) is 1.88. The van der Waals surface area contributed by atoms with Gasteiger partial charge in [0, 0.05) is 49.0 Å². The number of thiazole rings is 1. The van der Waals surface area contributed by atoms with Crippen LogP contribution >= 0.6 is 11.3 Å². The number of pyridine rings is 1. The highest BCUT2D eigenvalue weighted by Crippen LogP contribution is 2.24. The van der Waals surface area contributed by atoms with E-state index in [0.717, 1.165) is 46.5 Å². The van der Waals surface area contributed by atoms with Gasteiger partial charge >= 0.3 is 0 Å². The molecule has 0 aliphatic carbocycles. The lowest BCUT2D eigenvalue weighted by Crippen LogP contribution is -2.50. The fourth-order valence-corrected chi connectivity index (χ4v) is 4.10. The summed E-state index contributed by atoms with van der Waals surface area (Å²) >= 11 is 1.63. The molecule has 150 valence electrons. The van der Waals surface area contributed by atoms with Gasteiger partial charge in [-0.05, 0) is 43.7 Å². The Morgan fingerprint density at radius 1 is 1.14 bits per heavy atom. The molecule has 0 bridgehead atoms. The van der Waals surface area contributed by atoms with Crippen molar-refractivity contribution in [1.82, 2.24) is 14.9 Å². The first-order valence-electron chi connectivity index (χ1n) is 9.69. The summed E-state index contributed by atoms with van der Waals surface area (Å²) in [7, 11) is 0. The van der Waals surface area contributed by atoms with E-state index in [1.807, 2.05) is 60.7 Å². The molecule has 1 fully saturated rings. The molecule has 4 rings (SSSR count). The van der Waals surface area contributed by atoms with Crippen LogP contribution in [0.5, 0.6) is 5.75 Å². The number of ether oxygens (including phenoxy) is 1. The summed E-state index contributed by atoms with van der Waals surface area (Å²) in [4.78, 5) is 25.6. The molecule has 3 aromatic rings. The predicted molar refractivity (Wildman–Crippen MR) is 116 cm³/mol. The monoisotopic (exact) mass is 408 g/mol. The number of rotatable bonds is 5. The van der Waals surface area contributed by atoms with Crippen LogP contribution in [-0.4, -0.2) is 53.6 Å². The van der Waals surface area contributed by atoms with Crippen LogP contribution in [0.25, 0.3) is 10.6 Å². The van der Waals surface area contributed by atoms with Crippen molar-refractivity contribution >= 4 is 23.1 Å². The molecule has 0 saturated carbocycles. The maximum atomic E-state index is 12.5. The number of carbonyl (C=O) groups excluding carboxylic acids is 1. The SMILES string of the molecule is Cc1cccc(OCC(=O)N2CCN(c3ccc(-c4nc(C)cs4)cn3)CC2)c1. The van der Waals surface area contributed by atoms with Gasteiger partial charge in [-0.3, -0.25) is 4.79 Å². The van der Waals surface area contributed by atoms with Crippen molar-refractivity contribution in [2.24, 2.45) is 0 Å². The lowest BCUT2D eigenvalue weighted by atomic mass is 10.2. The minimum Gasteiger partial charge on any atom is -0.484 e. The Morgan fingerprint density at radius 2 is 1.97 bits per heavy atom. The number of piperazine rings is 1. The Labute approximate surface area is 174 Å². The summed E-state index contributed by atoms with van der Waals surface area (Å²) < 4.78 is 5.65. The molecular weight excluding hydrogens is 384 g/mol. The van der Waals surface area contributed by atoms with Gasteiger partial charge in [-0.2, -0.15) is 0 Å². The molecule has 6 nitrogen and oxygen atoms in total. The highest BCUT2D eigenvalue weighted by molar-refractivity contribution is 7.13. The minimum atomic E-state index is 0.0219. The third kappa shape index (κ3) is 4.74. The molecule has 1 amide bonds. The number of aryl methyl sites for hydroxylation is 2. The van der Waals surface area contributed by atoms with Gasteiger partial charge in [0.05, 0.1) is 0 Å². The molecule has 0 spiro atoms. The Morgan fingerprint density at radius 3 is 2.62 bits per heavy atom. The number of amides is 1. The van der Waals surface area contributed by atoms with E-state index in [4.69, 9.17) is 4.74 Å². The van der Waals surface area contributed by atoms with Gasteiger partial charge in [0.2, 0.25) is 0 Å². The second kappa shape index (κ2) is 8.61. The average Bonchev–Trinajstić information content (AvgIpc) is 3.19. The van der Waals surface area contributed by atoms with Gasteiger partial charge in [-0.15, -0.1) is 11.3 Å². The van der Waals surface area contributed by atoms with Crippen molar-refractivity contribution in [1.29, 1.82) is 0 Å². The molecule has 0 unspecified atom stereocenters. The van der Waals surface area contributed by atoms with Crippen LogP contribution in [0.2, 0.25) is 0 Å². The third-order valence-electron chi connectivity index (χ3n) is 4.92. The molecular formula is C22H24N4O2S. The largest absolute Gasteiger partial charge is 0.484 e. The third-order valence-corrected chi connectivity index (χ3v) is 5.93. The number of benzene rings is 1. The Kier molecular flexibility index (Phi) is 5.76.